The summed E-state index contributed by atoms with van der Waals surface area (Å²) in [5.74, 6) is -0.200. The Morgan fingerprint density at radius 3 is 2.45 bits per heavy atom. The van der Waals surface area contributed by atoms with Gasteiger partial charge in [-0.15, -0.1) is 0 Å². The molecule has 0 saturated carbocycles. The Bertz CT molecular complexity index is 620. The molecule has 1 amide bonds. The number of carbonyl (C=O) groups is 1. The van der Waals surface area contributed by atoms with Gasteiger partial charge in [-0.05, 0) is 40.2 Å². The van der Waals surface area contributed by atoms with E-state index in [4.69, 9.17) is 23.2 Å². The van der Waals surface area contributed by atoms with Crippen molar-refractivity contribution in [1.82, 2.24) is 0 Å². The van der Waals surface area contributed by atoms with Crippen LogP contribution in [0.25, 0.3) is 0 Å². The van der Waals surface area contributed by atoms with Crippen LogP contribution in [0, 0.1) is 0 Å². The highest BCUT2D eigenvalue weighted by Crippen LogP contribution is 2.35. The molecule has 20 heavy (non-hydrogen) atoms. The summed E-state index contributed by atoms with van der Waals surface area (Å²) >= 11 is 15.3. The second kappa shape index (κ2) is 6.97. The zero-order valence-corrected chi connectivity index (χ0v) is 13.4. The zero-order valence-electron chi connectivity index (χ0n) is 10.3. The van der Waals surface area contributed by atoms with Crippen molar-refractivity contribution in [3.8, 4) is 0 Å². The Morgan fingerprint density at radius 1 is 1.05 bits per heavy atom. The van der Waals surface area contributed by atoms with E-state index in [9.17, 15) is 4.79 Å². The van der Waals surface area contributed by atoms with E-state index < -0.39 is 0 Å². The first-order valence-corrected chi connectivity index (χ1v) is 7.35. The fourth-order valence-corrected chi connectivity index (χ4v) is 2.38. The normalized spacial score (nSPS) is 10.2. The molecule has 104 valence electrons. The van der Waals surface area contributed by atoms with Crippen LogP contribution in [0.2, 0.25) is 10.0 Å². The van der Waals surface area contributed by atoms with Gasteiger partial charge in [0.2, 0.25) is 5.91 Å². The molecule has 2 aromatic carbocycles. The van der Waals surface area contributed by atoms with Gasteiger partial charge in [-0.3, -0.25) is 4.79 Å². The summed E-state index contributed by atoms with van der Waals surface area (Å²) < 4.78 is 0.685. The van der Waals surface area contributed by atoms with Crippen LogP contribution < -0.4 is 10.6 Å². The maximum atomic E-state index is 11.8. The summed E-state index contributed by atoms with van der Waals surface area (Å²) in [6.45, 7) is 0.147. The molecule has 0 aromatic heterocycles. The average Bonchev–Trinajstić information content (AvgIpc) is 2.47. The van der Waals surface area contributed by atoms with E-state index in [0.717, 1.165) is 5.69 Å². The number of halogens is 3. The summed E-state index contributed by atoms with van der Waals surface area (Å²) in [6.07, 6.45) is 0. The van der Waals surface area contributed by atoms with Gasteiger partial charge in [0.05, 0.1) is 22.3 Å². The summed E-state index contributed by atoms with van der Waals surface area (Å²) in [6, 6.07) is 12.9. The average molecular weight is 374 g/mol. The van der Waals surface area contributed by atoms with Crippen molar-refractivity contribution >= 4 is 56.4 Å². The Balaban J connectivity index is 1.97. The molecule has 0 saturated heterocycles. The molecule has 2 aromatic rings. The van der Waals surface area contributed by atoms with Crippen molar-refractivity contribution in [3.63, 3.8) is 0 Å². The SMILES string of the molecule is O=C(CNc1ccccc1)Nc1ccc(Br)c(Cl)c1Cl. The summed E-state index contributed by atoms with van der Waals surface area (Å²) in [5, 5.41) is 6.41. The van der Waals surface area contributed by atoms with Crippen molar-refractivity contribution in [3.05, 3.63) is 57.0 Å². The maximum absolute atomic E-state index is 11.8. The van der Waals surface area contributed by atoms with Crippen molar-refractivity contribution in [2.75, 3.05) is 17.2 Å². The van der Waals surface area contributed by atoms with E-state index >= 15 is 0 Å². The summed E-state index contributed by atoms with van der Waals surface area (Å²) in [5.41, 5.74) is 1.36. The third-order valence-electron chi connectivity index (χ3n) is 2.54. The van der Waals surface area contributed by atoms with Crippen LogP contribution in [0.15, 0.2) is 46.9 Å². The smallest absolute Gasteiger partial charge is 0.243 e. The summed E-state index contributed by atoms with van der Waals surface area (Å²) in [4.78, 5) is 11.8. The second-order valence-electron chi connectivity index (χ2n) is 3.99. The predicted molar refractivity (Wildman–Crippen MR) is 87.7 cm³/mol. The van der Waals surface area contributed by atoms with E-state index in [-0.39, 0.29) is 12.5 Å². The van der Waals surface area contributed by atoms with Crippen LogP contribution >= 0.6 is 39.1 Å². The second-order valence-corrected chi connectivity index (χ2v) is 5.60. The lowest BCUT2D eigenvalue weighted by atomic mass is 10.3. The third-order valence-corrected chi connectivity index (χ3v) is 4.31. The van der Waals surface area contributed by atoms with Gasteiger partial charge < -0.3 is 10.6 Å². The first-order valence-electron chi connectivity index (χ1n) is 5.80. The van der Waals surface area contributed by atoms with Crippen LogP contribution in [0.1, 0.15) is 0 Å². The van der Waals surface area contributed by atoms with Gasteiger partial charge >= 0.3 is 0 Å². The maximum Gasteiger partial charge on any atom is 0.243 e. The molecule has 0 spiro atoms. The fourth-order valence-electron chi connectivity index (χ4n) is 1.56. The highest BCUT2D eigenvalue weighted by molar-refractivity contribution is 9.10. The minimum atomic E-state index is -0.200. The number of anilines is 2. The number of benzene rings is 2. The number of nitrogens with one attached hydrogen (secondary N) is 2. The minimum Gasteiger partial charge on any atom is -0.376 e. The van der Waals surface area contributed by atoms with Crippen LogP contribution in [0.4, 0.5) is 11.4 Å². The van der Waals surface area contributed by atoms with Crippen LogP contribution in [-0.2, 0) is 4.79 Å². The molecular formula is C14H11BrCl2N2O. The van der Waals surface area contributed by atoms with Gasteiger partial charge in [-0.25, -0.2) is 0 Å². The first kappa shape index (κ1) is 15.2. The van der Waals surface area contributed by atoms with E-state index in [1.165, 1.54) is 0 Å². The molecule has 6 heteroatoms. The van der Waals surface area contributed by atoms with Gasteiger partial charge in [0.15, 0.2) is 0 Å². The Kier molecular flexibility index (Phi) is 5.29. The molecule has 0 bridgehead atoms. The number of para-hydroxylation sites is 1. The van der Waals surface area contributed by atoms with Crippen LogP contribution in [0.3, 0.4) is 0 Å². The lowest BCUT2D eigenvalue weighted by Crippen LogP contribution is -2.21. The Hall–Kier alpha value is -1.23. The monoisotopic (exact) mass is 372 g/mol. The Labute approximate surface area is 135 Å². The van der Waals surface area contributed by atoms with Crippen molar-refractivity contribution in [2.24, 2.45) is 0 Å². The largest absolute Gasteiger partial charge is 0.376 e. The van der Waals surface area contributed by atoms with Crippen LogP contribution in [-0.4, -0.2) is 12.5 Å². The van der Waals surface area contributed by atoms with Gasteiger partial charge in [-0.1, -0.05) is 41.4 Å². The molecule has 0 fully saturated rings. The third kappa shape index (κ3) is 3.88. The highest BCUT2D eigenvalue weighted by Gasteiger charge is 2.10. The number of amides is 1. The molecule has 0 aliphatic heterocycles. The van der Waals surface area contributed by atoms with Gasteiger partial charge in [-0.2, -0.15) is 0 Å². The van der Waals surface area contributed by atoms with E-state index in [1.807, 2.05) is 30.3 Å². The van der Waals surface area contributed by atoms with Gasteiger partial charge in [0.1, 0.15) is 0 Å². The number of hydrogen-bond acceptors (Lipinski definition) is 2. The summed E-state index contributed by atoms with van der Waals surface area (Å²) in [7, 11) is 0. The number of carbonyl (C=O) groups excluding carboxylic acids is 1. The van der Waals surface area contributed by atoms with E-state index in [1.54, 1.807) is 12.1 Å². The van der Waals surface area contributed by atoms with E-state index in [2.05, 4.69) is 26.6 Å². The first-order chi connectivity index (χ1) is 9.58. The standard InChI is InChI=1S/C14H11BrCl2N2O/c15-10-6-7-11(14(17)13(10)16)19-12(20)8-18-9-4-2-1-3-5-9/h1-7,18H,8H2,(H,19,20). The molecular weight excluding hydrogens is 363 g/mol. The van der Waals surface area contributed by atoms with Crippen molar-refractivity contribution in [1.29, 1.82) is 0 Å². The quantitative estimate of drug-likeness (QED) is 0.755. The molecule has 2 N–H and O–H groups in total. The molecule has 0 aliphatic carbocycles. The molecule has 0 aliphatic rings. The lowest BCUT2D eigenvalue weighted by Gasteiger charge is -2.10. The predicted octanol–water partition coefficient (Wildman–Crippen LogP) is 4.81. The van der Waals surface area contributed by atoms with Crippen molar-refractivity contribution < 1.29 is 4.79 Å². The lowest BCUT2D eigenvalue weighted by molar-refractivity contribution is -0.114. The highest BCUT2D eigenvalue weighted by atomic mass is 79.9. The van der Waals surface area contributed by atoms with E-state index in [0.29, 0.717) is 20.2 Å². The molecule has 0 atom stereocenters. The van der Waals surface area contributed by atoms with Gasteiger partial charge in [0, 0.05) is 10.2 Å². The topological polar surface area (TPSA) is 41.1 Å². The van der Waals surface area contributed by atoms with Crippen LogP contribution in [0.5, 0.6) is 0 Å². The number of hydrogen-bond donors (Lipinski definition) is 2. The molecule has 0 radical (unpaired) electrons. The minimum absolute atomic E-state index is 0.147. The molecule has 0 heterocycles. The Morgan fingerprint density at radius 2 is 1.75 bits per heavy atom. The van der Waals surface area contributed by atoms with Crippen molar-refractivity contribution in [2.45, 2.75) is 0 Å². The zero-order chi connectivity index (χ0) is 14.5. The molecule has 3 nitrogen and oxygen atoms in total. The van der Waals surface area contributed by atoms with Gasteiger partial charge in [0.25, 0.3) is 0 Å². The molecule has 2 rings (SSSR count). The molecule has 0 unspecified atom stereocenters. The number of rotatable bonds is 4. The fraction of sp³-hybridized carbons (Fsp3) is 0.0714.